The normalized spacial score (nSPS) is 13.7. The van der Waals surface area contributed by atoms with Gasteiger partial charge in [-0.25, -0.2) is 0 Å². The van der Waals surface area contributed by atoms with Crippen LogP contribution in [0.4, 0.5) is 0 Å². The van der Waals surface area contributed by atoms with Crippen LogP contribution in [0.2, 0.25) is 0 Å². The molecule has 2 unspecified atom stereocenters. The Morgan fingerprint density at radius 3 is 1.26 bits per heavy atom. The Bertz CT molecular complexity index is 784. The van der Waals surface area contributed by atoms with Crippen molar-refractivity contribution in [3.05, 3.63) is 53.3 Å². The van der Waals surface area contributed by atoms with Gasteiger partial charge in [0.1, 0.15) is 11.5 Å². The van der Waals surface area contributed by atoms with Gasteiger partial charge in [-0.2, -0.15) is 0 Å². The summed E-state index contributed by atoms with van der Waals surface area (Å²) in [5.74, 6) is 1.58. The Morgan fingerprint density at radius 1 is 0.710 bits per heavy atom. The molecule has 0 aliphatic rings. The molecule has 172 valence electrons. The van der Waals surface area contributed by atoms with Gasteiger partial charge in [0.05, 0.1) is 31.1 Å². The summed E-state index contributed by atoms with van der Waals surface area (Å²) in [5.41, 5.74) is 2.03. The van der Waals surface area contributed by atoms with Crippen LogP contribution in [0.25, 0.3) is 0 Å². The monoisotopic (exact) mass is 720 g/mol. The van der Waals surface area contributed by atoms with Crippen LogP contribution in [0.15, 0.2) is 42.2 Å². The Hall–Kier alpha value is 0.540. The third-order valence-corrected chi connectivity index (χ3v) is 7.76. The fourth-order valence-electron chi connectivity index (χ4n) is 2.93. The fraction of sp³-hybridized carbons (Fsp3) is 0.478. The Morgan fingerprint density at radius 2 is 1.00 bits per heavy atom. The maximum absolute atomic E-state index is 6.03. The molecule has 2 rings (SSSR count). The zero-order valence-corrected chi connectivity index (χ0v) is 25.7. The highest BCUT2D eigenvalue weighted by Crippen LogP contribution is 2.44. The number of rotatable bonds is 10. The van der Waals surface area contributed by atoms with Crippen molar-refractivity contribution < 1.29 is 9.47 Å². The van der Waals surface area contributed by atoms with E-state index in [1.165, 1.54) is 0 Å². The minimum Gasteiger partial charge on any atom is -0.491 e. The highest BCUT2D eigenvalue weighted by molar-refractivity contribution is 9.11. The summed E-state index contributed by atoms with van der Waals surface area (Å²) in [5, 5.41) is 0.163. The molecule has 2 nitrogen and oxygen atoms in total. The zero-order valence-electron chi connectivity index (χ0n) is 17.9. The molecular weight excluding hydrogens is 699 g/mol. The van der Waals surface area contributed by atoms with Crippen molar-refractivity contribution >= 4 is 86.9 Å². The second-order valence-electron chi connectivity index (χ2n) is 8.00. The lowest BCUT2D eigenvalue weighted by Gasteiger charge is -2.28. The Labute approximate surface area is 229 Å². The molecule has 0 heterocycles. The molecule has 0 radical (unpaired) electrons. The SMILES string of the molecule is CC(Cl)CCOc1c(Br)cc(C(C)(C)c2cc(Br)c(OCCC(C)Cl)c(Br)c2)cc1Br. The first-order valence-electron chi connectivity index (χ1n) is 9.96. The lowest BCUT2D eigenvalue weighted by atomic mass is 9.78. The van der Waals surface area contributed by atoms with E-state index in [0.717, 1.165) is 53.4 Å². The van der Waals surface area contributed by atoms with Crippen LogP contribution in [0.5, 0.6) is 11.5 Å². The first kappa shape index (κ1) is 27.8. The summed E-state index contributed by atoms with van der Waals surface area (Å²) < 4.78 is 15.5. The average Bonchev–Trinajstić information content (AvgIpc) is 2.65. The van der Waals surface area contributed by atoms with Gasteiger partial charge in [0, 0.05) is 16.2 Å². The molecule has 2 aromatic carbocycles. The summed E-state index contributed by atoms with van der Waals surface area (Å²) in [4.78, 5) is 0. The summed E-state index contributed by atoms with van der Waals surface area (Å²) in [6, 6.07) is 8.44. The van der Waals surface area contributed by atoms with Crippen molar-refractivity contribution in [1.29, 1.82) is 0 Å². The van der Waals surface area contributed by atoms with Gasteiger partial charge in [0.15, 0.2) is 0 Å². The van der Waals surface area contributed by atoms with Gasteiger partial charge in [0.2, 0.25) is 0 Å². The predicted octanol–water partition coefficient (Wildman–Crippen LogP) is 9.85. The van der Waals surface area contributed by atoms with Gasteiger partial charge in [-0.3, -0.25) is 0 Å². The molecule has 8 heteroatoms. The maximum Gasteiger partial charge on any atom is 0.147 e. The highest BCUT2D eigenvalue weighted by atomic mass is 79.9. The highest BCUT2D eigenvalue weighted by Gasteiger charge is 2.27. The van der Waals surface area contributed by atoms with E-state index in [-0.39, 0.29) is 16.2 Å². The number of alkyl halides is 2. The standard InChI is InChI=1S/C23H26Br4Cl2O2/c1-13(28)5-7-30-21-17(24)9-15(10-18(21)25)23(3,4)16-11-19(26)22(20(27)12-16)31-8-6-14(2)29/h9-14H,5-8H2,1-4H3. The molecule has 2 atom stereocenters. The first-order chi connectivity index (χ1) is 14.4. The number of hydrogen-bond donors (Lipinski definition) is 0. The quantitative estimate of drug-likeness (QED) is 0.227. The van der Waals surface area contributed by atoms with Crippen LogP contribution in [0, 0.1) is 0 Å². The van der Waals surface area contributed by atoms with E-state index in [1.54, 1.807) is 0 Å². The molecule has 0 aliphatic heterocycles. The van der Waals surface area contributed by atoms with Crippen molar-refractivity contribution in [2.24, 2.45) is 0 Å². The van der Waals surface area contributed by atoms with E-state index in [1.807, 2.05) is 13.8 Å². The number of ether oxygens (including phenoxy) is 2. The third-order valence-electron chi connectivity index (χ3n) is 4.96. The molecule has 0 amide bonds. The van der Waals surface area contributed by atoms with E-state index >= 15 is 0 Å². The number of benzene rings is 2. The summed E-state index contributed by atoms with van der Waals surface area (Å²) >= 11 is 26.8. The van der Waals surface area contributed by atoms with E-state index in [0.29, 0.717) is 13.2 Å². The molecule has 0 aromatic heterocycles. The van der Waals surface area contributed by atoms with Crippen LogP contribution in [0.3, 0.4) is 0 Å². The summed E-state index contributed by atoms with van der Waals surface area (Å²) in [7, 11) is 0. The maximum atomic E-state index is 6.03. The number of hydrogen-bond acceptors (Lipinski definition) is 2. The molecule has 0 saturated heterocycles. The fourth-order valence-corrected chi connectivity index (χ4v) is 5.94. The van der Waals surface area contributed by atoms with Gasteiger partial charge in [-0.15, -0.1) is 23.2 Å². The van der Waals surface area contributed by atoms with E-state index in [9.17, 15) is 0 Å². The Kier molecular flexibility index (Phi) is 11.0. The first-order valence-corrected chi connectivity index (χ1v) is 14.0. The van der Waals surface area contributed by atoms with Crippen molar-refractivity contribution in [2.45, 2.75) is 56.7 Å². The predicted molar refractivity (Wildman–Crippen MR) is 147 cm³/mol. The van der Waals surface area contributed by atoms with Crippen molar-refractivity contribution in [3.63, 3.8) is 0 Å². The Balaban J connectivity index is 2.30. The van der Waals surface area contributed by atoms with Crippen LogP contribution in [-0.4, -0.2) is 24.0 Å². The van der Waals surface area contributed by atoms with Gasteiger partial charge >= 0.3 is 0 Å². The molecule has 31 heavy (non-hydrogen) atoms. The second-order valence-corrected chi connectivity index (χ2v) is 12.9. The minimum atomic E-state index is -0.261. The largest absolute Gasteiger partial charge is 0.491 e. The lowest BCUT2D eigenvalue weighted by Crippen LogP contribution is -2.19. The molecule has 2 aromatic rings. The minimum absolute atomic E-state index is 0.0814. The van der Waals surface area contributed by atoms with E-state index in [2.05, 4.69) is 102 Å². The van der Waals surface area contributed by atoms with Crippen molar-refractivity contribution in [2.75, 3.05) is 13.2 Å². The summed E-state index contributed by atoms with van der Waals surface area (Å²) in [6.45, 7) is 9.45. The van der Waals surface area contributed by atoms with E-state index in [4.69, 9.17) is 32.7 Å². The van der Waals surface area contributed by atoms with Gasteiger partial charge in [0.25, 0.3) is 0 Å². The number of halogens is 6. The smallest absolute Gasteiger partial charge is 0.147 e. The van der Waals surface area contributed by atoms with Crippen LogP contribution in [-0.2, 0) is 5.41 Å². The lowest BCUT2D eigenvalue weighted by molar-refractivity contribution is 0.306. The zero-order chi connectivity index (χ0) is 23.3. The molecule has 0 fully saturated rings. The van der Waals surface area contributed by atoms with Crippen molar-refractivity contribution in [3.8, 4) is 11.5 Å². The topological polar surface area (TPSA) is 18.5 Å². The van der Waals surface area contributed by atoms with E-state index < -0.39 is 0 Å². The average molecular weight is 725 g/mol. The summed E-state index contributed by atoms with van der Waals surface area (Å²) in [6.07, 6.45) is 1.57. The molecular formula is C23H26Br4Cl2O2. The van der Waals surface area contributed by atoms with Crippen LogP contribution >= 0.6 is 86.9 Å². The van der Waals surface area contributed by atoms with Crippen molar-refractivity contribution in [1.82, 2.24) is 0 Å². The van der Waals surface area contributed by atoms with Gasteiger partial charge in [-0.1, -0.05) is 13.8 Å². The van der Waals surface area contributed by atoms with Crippen LogP contribution in [0.1, 0.15) is 51.7 Å². The second kappa shape index (κ2) is 12.3. The molecule has 0 spiro atoms. The molecule has 0 saturated carbocycles. The third kappa shape index (κ3) is 7.78. The molecule has 0 bridgehead atoms. The van der Waals surface area contributed by atoms with Gasteiger partial charge in [-0.05, 0) is 126 Å². The van der Waals surface area contributed by atoms with Gasteiger partial charge < -0.3 is 9.47 Å². The molecule has 0 N–H and O–H groups in total. The molecule has 0 aliphatic carbocycles. The van der Waals surface area contributed by atoms with Crippen LogP contribution < -0.4 is 9.47 Å².